The summed E-state index contributed by atoms with van der Waals surface area (Å²) in [6.45, 7) is 5.02. The third-order valence-electron chi connectivity index (χ3n) is 5.00. The van der Waals surface area contributed by atoms with Crippen molar-refractivity contribution < 1.29 is 9.90 Å². The second-order valence-electron chi connectivity index (χ2n) is 6.28. The molecule has 0 radical (unpaired) electrons. The van der Waals surface area contributed by atoms with Crippen LogP contribution in [0.2, 0.25) is 0 Å². The lowest BCUT2D eigenvalue weighted by atomic mass is 9.79. The number of nitrogens with zero attached hydrogens (tertiary/aromatic N) is 1. The van der Waals surface area contributed by atoms with Gasteiger partial charge < -0.3 is 15.0 Å². The van der Waals surface area contributed by atoms with E-state index in [0.29, 0.717) is 18.4 Å². The minimum atomic E-state index is -0.0898. The van der Waals surface area contributed by atoms with Gasteiger partial charge in [0.25, 0.3) is 0 Å². The number of carbonyl (C=O) groups is 1. The number of pyridine rings is 1. The molecule has 0 aliphatic carbocycles. The molecule has 0 saturated carbocycles. The number of aliphatic hydroxyl groups is 1. The van der Waals surface area contributed by atoms with Gasteiger partial charge in [0.1, 0.15) is 6.54 Å². The molecule has 1 aromatic heterocycles. The number of para-hydroxylation sites is 1. The fourth-order valence-electron chi connectivity index (χ4n) is 3.07. The van der Waals surface area contributed by atoms with Crippen molar-refractivity contribution >= 4 is 16.8 Å². The molecular formula is C19H26N2O3. The maximum absolute atomic E-state index is 12.4. The highest BCUT2D eigenvalue weighted by molar-refractivity contribution is 5.82. The summed E-state index contributed by atoms with van der Waals surface area (Å²) < 4.78 is 1.79. The van der Waals surface area contributed by atoms with Gasteiger partial charge in [0.2, 0.25) is 5.91 Å². The van der Waals surface area contributed by atoms with Crippen LogP contribution in [0.15, 0.2) is 41.3 Å². The van der Waals surface area contributed by atoms with E-state index in [1.165, 1.54) is 6.07 Å². The van der Waals surface area contributed by atoms with E-state index in [0.717, 1.165) is 18.4 Å². The van der Waals surface area contributed by atoms with Crippen LogP contribution in [-0.4, -0.2) is 28.7 Å². The zero-order valence-corrected chi connectivity index (χ0v) is 14.4. The van der Waals surface area contributed by atoms with Crippen LogP contribution < -0.4 is 10.7 Å². The van der Waals surface area contributed by atoms with Crippen molar-refractivity contribution in [3.63, 3.8) is 0 Å². The Kier molecular flexibility index (Phi) is 6.15. The first-order valence-electron chi connectivity index (χ1n) is 8.51. The summed E-state index contributed by atoms with van der Waals surface area (Å²) in [6, 6.07) is 8.78. The summed E-state index contributed by atoms with van der Waals surface area (Å²) in [5.74, 6) is -0.0898. The summed E-state index contributed by atoms with van der Waals surface area (Å²) in [7, 11) is 0. The minimum Gasteiger partial charge on any atom is -0.396 e. The normalized spacial score (nSPS) is 11.6. The number of aliphatic hydroxyl groups excluding tert-OH is 1. The summed E-state index contributed by atoms with van der Waals surface area (Å²) >= 11 is 0. The standard InChI is InChI=1S/C19H26N2O3/c1-3-19(4-2,10-12-22)14-20-18(24)13-21-11-9-17(23)15-7-5-6-8-16(15)21/h5-9,11,22H,3-4,10,12-14H2,1-2H3,(H,20,24). The van der Waals surface area contributed by atoms with Gasteiger partial charge in [-0.25, -0.2) is 0 Å². The molecule has 2 N–H and O–H groups in total. The Morgan fingerprint density at radius 1 is 1.21 bits per heavy atom. The van der Waals surface area contributed by atoms with Crippen molar-refractivity contribution in [1.82, 2.24) is 9.88 Å². The molecule has 0 aliphatic rings. The maximum atomic E-state index is 12.4. The van der Waals surface area contributed by atoms with E-state index in [1.807, 2.05) is 18.2 Å². The van der Waals surface area contributed by atoms with Gasteiger partial charge in [-0.2, -0.15) is 0 Å². The number of benzene rings is 1. The van der Waals surface area contributed by atoms with Crippen LogP contribution in [0.5, 0.6) is 0 Å². The first-order chi connectivity index (χ1) is 11.5. The average Bonchev–Trinajstić information content (AvgIpc) is 2.61. The zero-order chi connectivity index (χ0) is 17.6. The molecule has 0 unspecified atom stereocenters. The molecule has 2 aromatic rings. The van der Waals surface area contributed by atoms with Crippen LogP contribution in [0.4, 0.5) is 0 Å². The van der Waals surface area contributed by atoms with E-state index < -0.39 is 0 Å². The number of rotatable bonds is 8. The third kappa shape index (κ3) is 4.03. The fourth-order valence-corrected chi connectivity index (χ4v) is 3.07. The predicted octanol–water partition coefficient (Wildman–Crippen LogP) is 2.31. The Hall–Kier alpha value is -2.14. The van der Waals surface area contributed by atoms with Crippen LogP contribution in [0, 0.1) is 5.41 Å². The Labute approximate surface area is 142 Å². The summed E-state index contributed by atoms with van der Waals surface area (Å²) in [6.07, 6.45) is 4.16. The number of carbonyl (C=O) groups excluding carboxylic acids is 1. The highest BCUT2D eigenvalue weighted by atomic mass is 16.3. The monoisotopic (exact) mass is 330 g/mol. The number of aromatic nitrogens is 1. The molecule has 0 saturated heterocycles. The van der Waals surface area contributed by atoms with Gasteiger partial charge in [-0.3, -0.25) is 9.59 Å². The van der Waals surface area contributed by atoms with Crippen molar-refractivity contribution in [2.75, 3.05) is 13.2 Å². The Balaban J connectivity index is 2.11. The van der Waals surface area contributed by atoms with Crippen molar-refractivity contribution in [3.05, 3.63) is 46.8 Å². The molecule has 1 aromatic carbocycles. The second-order valence-corrected chi connectivity index (χ2v) is 6.28. The number of hydrogen-bond donors (Lipinski definition) is 2. The highest BCUT2D eigenvalue weighted by Crippen LogP contribution is 2.29. The number of hydrogen-bond acceptors (Lipinski definition) is 3. The van der Waals surface area contributed by atoms with Crippen LogP contribution in [0.3, 0.4) is 0 Å². The quantitative estimate of drug-likeness (QED) is 0.780. The molecular weight excluding hydrogens is 304 g/mol. The Bertz CT molecular complexity index is 748. The lowest BCUT2D eigenvalue weighted by molar-refractivity contribution is -0.122. The molecule has 1 amide bonds. The van der Waals surface area contributed by atoms with Gasteiger partial charge in [-0.15, -0.1) is 0 Å². The van der Waals surface area contributed by atoms with Gasteiger partial charge in [0, 0.05) is 30.8 Å². The van der Waals surface area contributed by atoms with Crippen LogP contribution in [0.1, 0.15) is 33.1 Å². The molecule has 0 atom stereocenters. The van der Waals surface area contributed by atoms with Crippen LogP contribution in [0.25, 0.3) is 10.9 Å². The third-order valence-corrected chi connectivity index (χ3v) is 5.00. The molecule has 5 heteroatoms. The van der Waals surface area contributed by atoms with Gasteiger partial charge >= 0.3 is 0 Å². The Morgan fingerprint density at radius 3 is 2.58 bits per heavy atom. The van der Waals surface area contributed by atoms with Gasteiger partial charge in [0.15, 0.2) is 5.43 Å². The van der Waals surface area contributed by atoms with Gasteiger partial charge in [0.05, 0.1) is 5.52 Å². The van der Waals surface area contributed by atoms with Crippen molar-refractivity contribution in [1.29, 1.82) is 0 Å². The minimum absolute atomic E-state index is 0.0406. The van der Waals surface area contributed by atoms with Crippen molar-refractivity contribution in [3.8, 4) is 0 Å². The van der Waals surface area contributed by atoms with E-state index in [-0.39, 0.29) is 29.9 Å². The van der Waals surface area contributed by atoms with E-state index >= 15 is 0 Å². The molecule has 0 bridgehead atoms. The van der Waals surface area contributed by atoms with Crippen molar-refractivity contribution in [2.45, 2.75) is 39.7 Å². The van der Waals surface area contributed by atoms with E-state index in [2.05, 4.69) is 19.2 Å². The molecule has 130 valence electrons. The van der Waals surface area contributed by atoms with E-state index in [4.69, 9.17) is 0 Å². The van der Waals surface area contributed by atoms with Gasteiger partial charge in [-0.05, 0) is 36.8 Å². The molecule has 0 fully saturated rings. The highest BCUT2D eigenvalue weighted by Gasteiger charge is 2.26. The van der Waals surface area contributed by atoms with E-state index in [9.17, 15) is 14.7 Å². The summed E-state index contributed by atoms with van der Waals surface area (Å²) in [5, 5.41) is 12.9. The first-order valence-corrected chi connectivity index (χ1v) is 8.51. The molecule has 2 rings (SSSR count). The van der Waals surface area contributed by atoms with E-state index in [1.54, 1.807) is 16.8 Å². The lowest BCUT2D eigenvalue weighted by Crippen LogP contribution is -2.39. The largest absolute Gasteiger partial charge is 0.396 e. The molecule has 5 nitrogen and oxygen atoms in total. The van der Waals surface area contributed by atoms with Crippen LogP contribution in [-0.2, 0) is 11.3 Å². The summed E-state index contributed by atoms with van der Waals surface area (Å²) in [5.41, 5.74) is 0.657. The Morgan fingerprint density at radius 2 is 1.92 bits per heavy atom. The molecule has 24 heavy (non-hydrogen) atoms. The number of amides is 1. The number of nitrogens with one attached hydrogen (secondary N) is 1. The smallest absolute Gasteiger partial charge is 0.239 e. The summed E-state index contributed by atoms with van der Waals surface area (Å²) in [4.78, 5) is 24.2. The first kappa shape index (κ1) is 18.2. The molecule has 1 heterocycles. The van der Waals surface area contributed by atoms with Gasteiger partial charge in [-0.1, -0.05) is 26.0 Å². The topological polar surface area (TPSA) is 71.3 Å². The maximum Gasteiger partial charge on any atom is 0.239 e. The fraction of sp³-hybridized carbons (Fsp3) is 0.474. The van der Waals surface area contributed by atoms with Crippen molar-refractivity contribution in [2.24, 2.45) is 5.41 Å². The number of fused-ring (bicyclic) bond motifs is 1. The predicted molar refractivity (Wildman–Crippen MR) is 95.9 cm³/mol. The zero-order valence-electron chi connectivity index (χ0n) is 14.4. The second kappa shape index (κ2) is 8.11. The molecule has 0 spiro atoms. The lowest BCUT2D eigenvalue weighted by Gasteiger charge is -2.31. The molecule has 0 aliphatic heterocycles. The van der Waals surface area contributed by atoms with Crippen LogP contribution >= 0.6 is 0 Å². The average molecular weight is 330 g/mol. The SMILES string of the molecule is CCC(CC)(CCO)CNC(=O)Cn1ccc(=O)c2ccccc21.